The minimum Gasteiger partial charge on any atom is -0.309 e. The van der Waals surface area contributed by atoms with Gasteiger partial charge in [-0.15, -0.1) is 0 Å². The minimum absolute atomic E-state index is 0.216. The molecule has 0 fully saturated rings. The van der Waals surface area contributed by atoms with E-state index in [2.05, 4.69) is 143 Å². The van der Waals surface area contributed by atoms with Crippen molar-refractivity contribution in [3.8, 4) is 33.9 Å². The van der Waals surface area contributed by atoms with Crippen LogP contribution in [0, 0.1) is 0 Å². The van der Waals surface area contributed by atoms with Crippen LogP contribution < -0.4 is 0 Å². The molecule has 0 unspecified atom stereocenters. The van der Waals surface area contributed by atoms with Gasteiger partial charge in [0.25, 0.3) is 0 Å². The molecule has 0 atom stereocenters. The lowest BCUT2D eigenvalue weighted by Crippen LogP contribution is -2.15. The smallest absolute Gasteiger partial charge is 0.0887 e. The van der Waals surface area contributed by atoms with Crippen LogP contribution in [0.15, 0.2) is 146 Å². The largest absolute Gasteiger partial charge is 0.309 e. The summed E-state index contributed by atoms with van der Waals surface area (Å²) in [5.41, 5.74) is 13.9. The first kappa shape index (κ1) is 26.2. The monoisotopic (exact) mass is 602 g/mol. The molecule has 0 bridgehead atoms. The first-order valence-electron chi connectivity index (χ1n) is 16.2. The standard InChI is InChI=1S/C43H30N4/c1-43(2)32-19-9-6-16-29(32)37-40(43)38-30-17-7-10-21-35(30)46(27-14-4-3-5-15-27)42(38)39-31-18-8-11-22-36(31)47(41(37)39)28-23-24-34(45-26-28)33-20-12-13-25-44-33/h3-26H,1-2H3. The molecular weight excluding hydrogens is 573 g/mol. The molecule has 9 aromatic rings. The quantitative estimate of drug-likeness (QED) is 0.202. The Morgan fingerprint density at radius 2 is 1.15 bits per heavy atom. The van der Waals surface area contributed by atoms with Crippen LogP contribution in [0.25, 0.3) is 77.5 Å². The Kier molecular flexibility index (Phi) is 5.31. The van der Waals surface area contributed by atoms with Crippen LogP contribution in [0.2, 0.25) is 0 Å². The Bertz CT molecular complexity index is 2680. The molecule has 4 heteroatoms. The molecule has 4 aromatic heterocycles. The highest BCUT2D eigenvalue weighted by Crippen LogP contribution is 2.58. The Hall–Kier alpha value is -6.00. The number of para-hydroxylation sites is 3. The summed E-state index contributed by atoms with van der Waals surface area (Å²) in [5, 5.41) is 5.10. The zero-order valence-electron chi connectivity index (χ0n) is 26.1. The van der Waals surface area contributed by atoms with Gasteiger partial charge < -0.3 is 9.13 Å². The summed E-state index contributed by atoms with van der Waals surface area (Å²) in [6, 6.07) is 47.8. The fourth-order valence-corrected chi connectivity index (χ4v) is 8.26. The van der Waals surface area contributed by atoms with E-state index in [4.69, 9.17) is 4.98 Å². The number of nitrogens with zero attached hydrogens (tertiary/aromatic N) is 4. The van der Waals surface area contributed by atoms with E-state index in [9.17, 15) is 0 Å². The zero-order chi connectivity index (χ0) is 31.3. The third-order valence-corrected chi connectivity index (χ3v) is 10.2. The molecule has 1 aliphatic carbocycles. The molecule has 4 heterocycles. The van der Waals surface area contributed by atoms with E-state index in [1.54, 1.807) is 0 Å². The van der Waals surface area contributed by atoms with E-state index in [0.717, 1.165) is 28.3 Å². The van der Waals surface area contributed by atoms with Crippen molar-refractivity contribution in [3.63, 3.8) is 0 Å². The van der Waals surface area contributed by atoms with Gasteiger partial charge in [-0.25, -0.2) is 0 Å². The van der Waals surface area contributed by atoms with Gasteiger partial charge in [0.1, 0.15) is 0 Å². The fraction of sp³-hybridized carbons (Fsp3) is 0.0698. The van der Waals surface area contributed by atoms with Crippen molar-refractivity contribution in [3.05, 3.63) is 157 Å². The molecule has 0 saturated carbocycles. The number of pyridine rings is 2. The van der Waals surface area contributed by atoms with E-state index in [1.807, 2.05) is 30.6 Å². The van der Waals surface area contributed by atoms with Gasteiger partial charge in [0.15, 0.2) is 0 Å². The molecule has 4 nitrogen and oxygen atoms in total. The lowest BCUT2D eigenvalue weighted by molar-refractivity contribution is 0.667. The minimum atomic E-state index is -0.216. The maximum atomic E-state index is 4.96. The Morgan fingerprint density at radius 1 is 0.511 bits per heavy atom. The van der Waals surface area contributed by atoms with Crippen molar-refractivity contribution in [2.75, 3.05) is 0 Å². The van der Waals surface area contributed by atoms with Gasteiger partial charge in [-0.2, -0.15) is 0 Å². The van der Waals surface area contributed by atoms with Crippen LogP contribution in [0.3, 0.4) is 0 Å². The van der Waals surface area contributed by atoms with Crippen LogP contribution in [-0.4, -0.2) is 19.1 Å². The lowest BCUT2D eigenvalue weighted by Gasteiger charge is -2.23. The molecule has 0 amide bonds. The summed E-state index contributed by atoms with van der Waals surface area (Å²) in [7, 11) is 0. The van der Waals surface area contributed by atoms with E-state index in [-0.39, 0.29) is 5.41 Å². The molecule has 0 radical (unpaired) electrons. The number of benzene rings is 5. The van der Waals surface area contributed by atoms with E-state index < -0.39 is 0 Å². The number of hydrogen-bond donors (Lipinski definition) is 0. The van der Waals surface area contributed by atoms with Gasteiger partial charge in [0.2, 0.25) is 0 Å². The summed E-state index contributed by atoms with van der Waals surface area (Å²) in [5.74, 6) is 0. The van der Waals surface area contributed by atoms with Crippen molar-refractivity contribution in [1.82, 2.24) is 19.1 Å². The molecular formula is C43H30N4. The van der Waals surface area contributed by atoms with Crippen molar-refractivity contribution in [2.24, 2.45) is 0 Å². The summed E-state index contributed by atoms with van der Waals surface area (Å²) in [6.07, 6.45) is 3.82. The van der Waals surface area contributed by atoms with E-state index in [1.165, 1.54) is 60.3 Å². The molecule has 0 aliphatic heterocycles. The van der Waals surface area contributed by atoms with Crippen LogP contribution >= 0.6 is 0 Å². The van der Waals surface area contributed by atoms with Gasteiger partial charge in [-0.3, -0.25) is 9.97 Å². The van der Waals surface area contributed by atoms with Gasteiger partial charge in [0.05, 0.1) is 45.3 Å². The Labute approximate surface area is 272 Å². The molecule has 0 spiro atoms. The maximum Gasteiger partial charge on any atom is 0.0887 e. The Morgan fingerprint density at radius 3 is 1.87 bits per heavy atom. The third kappa shape index (κ3) is 3.47. The average molecular weight is 603 g/mol. The summed E-state index contributed by atoms with van der Waals surface area (Å²) in [6.45, 7) is 4.79. The molecule has 47 heavy (non-hydrogen) atoms. The van der Waals surface area contributed by atoms with Gasteiger partial charge in [-0.05, 0) is 65.2 Å². The highest BCUT2D eigenvalue weighted by molar-refractivity contribution is 6.31. The highest BCUT2D eigenvalue weighted by atomic mass is 15.0. The highest BCUT2D eigenvalue weighted by Gasteiger charge is 2.41. The van der Waals surface area contributed by atoms with Crippen molar-refractivity contribution >= 4 is 43.6 Å². The van der Waals surface area contributed by atoms with Crippen molar-refractivity contribution in [1.29, 1.82) is 0 Å². The second kappa shape index (κ2) is 9.51. The summed E-state index contributed by atoms with van der Waals surface area (Å²) < 4.78 is 4.94. The molecule has 1 aliphatic rings. The summed E-state index contributed by atoms with van der Waals surface area (Å²) in [4.78, 5) is 9.51. The SMILES string of the molecule is CC1(C)c2ccccc2-c2c1c1c3ccccc3n(-c3ccccc3)c1c1c3ccccc3n(-c3ccc(-c4ccccn4)nc3)c21. The molecule has 5 aromatic carbocycles. The first-order chi connectivity index (χ1) is 23.1. The molecule has 0 saturated heterocycles. The fourth-order valence-electron chi connectivity index (χ4n) is 8.26. The lowest BCUT2D eigenvalue weighted by atomic mass is 9.80. The van der Waals surface area contributed by atoms with Crippen molar-refractivity contribution < 1.29 is 0 Å². The van der Waals surface area contributed by atoms with Crippen LogP contribution in [-0.2, 0) is 5.41 Å². The Balaban J connectivity index is 1.46. The number of aromatic nitrogens is 4. The van der Waals surface area contributed by atoms with Gasteiger partial charge in [0, 0.05) is 44.4 Å². The molecule has 222 valence electrons. The summed E-state index contributed by atoms with van der Waals surface area (Å²) >= 11 is 0. The van der Waals surface area contributed by atoms with E-state index in [0.29, 0.717) is 0 Å². The molecule has 10 rings (SSSR count). The van der Waals surface area contributed by atoms with Crippen LogP contribution in [0.4, 0.5) is 0 Å². The van der Waals surface area contributed by atoms with Gasteiger partial charge >= 0.3 is 0 Å². The second-order valence-corrected chi connectivity index (χ2v) is 13.0. The molecule has 0 N–H and O–H groups in total. The predicted octanol–water partition coefficient (Wildman–Crippen LogP) is 10.6. The maximum absolute atomic E-state index is 4.96. The zero-order valence-corrected chi connectivity index (χ0v) is 26.1. The third-order valence-electron chi connectivity index (χ3n) is 10.2. The van der Waals surface area contributed by atoms with Crippen LogP contribution in [0.5, 0.6) is 0 Å². The second-order valence-electron chi connectivity index (χ2n) is 13.0. The first-order valence-corrected chi connectivity index (χ1v) is 16.2. The van der Waals surface area contributed by atoms with Crippen LogP contribution in [0.1, 0.15) is 25.0 Å². The normalized spacial score (nSPS) is 13.5. The topological polar surface area (TPSA) is 35.6 Å². The average Bonchev–Trinajstić information content (AvgIpc) is 3.73. The number of fused-ring (bicyclic) bond motifs is 12. The van der Waals surface area contributed by atoms with Crippen molar-refractivity contribution in [2.45, 2.75) is 19.3 Å². The van der Waals surface area contributed by atoms with Gasteiger partial charge in [-0.1, -0.05) is 98.8 Å². The van der Waals surface area contributed by atoms with E-state index >= 15 is 0 Å². The number of rotatable bonds is 3. The predicted molar refractivity (Wildman–Crippen MR) is 194 cm³/mol. The number of hydrogen-bond acceptors (Lipinski definition) is 2.